The highest BCUT2D eigenvalue weighted by molar-refractivity contribution is 9.10. The molecule has 236 valence electrons. The fourth-order valence-corrected chi connectivity index (χ4v) is 6.82. The number of ether oxygens (including phenoxy) is 2. The van der Waals surface area contributed by atoms with Gasteiger partial charge in [0.05, 0.1) is 23.3 Å². The first kappa shape index (κ1) is 32.9. The molecule has 1 unspecified atom stereocenters. The van der Waals surface area contributed by atoms with E-state index in [0.29, 0.717) is 57.9 Å². The molecule has 2 N–H and O–H groups in total. The van der Waals surface area contributed by atoms with E-state index in [1.54, 1.807) is 4.68 Å². The second kappa shape index (κ2) is 15.2. The van der Waals surface area contributed by atoms with Gasteiger partial charge in [-0.2, -0.15) is 4.98 Å². The maximum Gasteiger partial charge on any atom is 0.255 e. The summed E-state index contributed by atoms with van der Waals surface area (Å²) in [6.45, 7) is 9.00. The Hall–Kier alpha value is -3.47. The molecule has 0 saturated carbocycles. The minimum Gasteiger partial charge on any atom is -0.490 e. The molecule has 1 aliphatic heterocycles. The number of anilines is 2. The smallest absolute Gasteiger partial charge is 0.255 e. The van der Waals surface area contributed by atoms with Gasteiger partial charge in [0.25, 0.3) is 5.91 Å². The number of amides is 1. The van der Waals surface area contributed by atoms with Crippen molar-refractivity contribution in [3.05, 3.63) is 98.1 Å². The van der Waals surface area contributed by atoms with Crippen molar-refractivity contribution in [3.8, 4) is 11.5 Å². The molecule has 4 aromatic rings. The molecule has 1 aromatic heterocycles. The normalized spacial score (nSPS) is 14.1. The SMILES string of the molecule is CCCCCOc1c(Br)cc(C2C(C(=O)Nc3ccccc3C)=C(C)Nc3nc(SCc4ccccc4Cl)nn32)cc1OCC. The van der Waals surface area contributed by atoms with Gasteiger partial charge in [0.15, 0.2) is 11.5 Å². The Bertz CT molecular complexity index is 1710. The zero-order valence-electron chi connectivity index (χ0n) is 25.8. The molecule has 5 rings (SSSR count). The van der Waals surface area contributed by atoms with Crippen LogP contribution in [0.5, 0.6) is 11.5 Å². The van der Waals surface area contributed by atoms with Crippen LogP contribution in [0.1, 0.15) is 62.8 Å². The van der Waals surface area contributed by atoms with Gasteiger partial charge < -0.3 is 20.1 Å². The topological polar surface area (TPSA) is 90.3 Å². The highest BCUT2D eigenvalue weighted by atomic mass is 79.9. The van der Waals surface area contributed by atoms with E-state index in [4.69, 9.17) is 31.2 Å². The van der Waals surface area contributed by atoms with Crippen LogP contribution in [0.4, 0.5) is 11.6 Å². The van der Waals surface area contributed by atoms with Crippen molar-refractivity contribution in [2.75, 3.05) is 23.8 Å². The number of thioether (sulfide) groups is 1. The summed E-state index contributed by atoms with van der Waals surface area (Å²) in [7, 11) is 0. The number of nitrogens with zero attached hydrogens (tertiary/aromatic N) is 3. The molecule has 1 aliphatic rings. The van der Waals surface area contributed by atoms with Crippen molar-refractivity contribution >= 4 is 56.8 Å². The van der Waals surface area contributed by atoms with E-state index in [9.17, 15) is 4.79 Å². The number of allylic oxidation sites excluding steroid dienone is 1. The molecule has 0 radical (unpaired) electrons. The van der Waals surface area contributed by atoms with Crippen LogP contribution in [0.3, 0.4) is 0 Å². The van der Waals surface area contributed by atoms with Gasteiger partial charge in [-0.1, -0.05) is 79.5 Å². The first-order valence-corrected chi connectivity index (χ1v) is 17.2. The van der Waals surface area contributed by atoms with Crippen molar-refractivity contribution in [1.82, 2.24) is 14.8 Å². The fraction of sp³-hybridized carbons (Fsp3) is 0.324. The number of aromatic nitrogens is 3. The summed E-state index contributed by atoms with van der Waals surface area (Å²) in [6, 6.07) is 18.8. The van der Waals surface area contributed by atoms with Gasteiger partial charge in [0.2, 0.25) is 11.1 Å². The van der Waals surface area contributed by atoms with E-state index in [1.807, 2.05) is 81.4 Å². The molecule has 0 spiro atoms. The van der Waals surface area contributed by atoms with E-state index < -0.39 is 6.04 Å². The van der Waals surface area contributed by atoms with Crippen LogP contribution in [-0.4, -0.2) is 33.9 Å². The van der Waals surface area contributed by atoms with E-state index in [1.165, 1.54) is 11.8 Å². The van der Waals surface area contributed by atoms with Crippen LogP contribution in [-0.2, 0) is 10.5 Å². The molecule has 11 heteroatoms. The monoisotopic (exact) mass is 709 g/mol. The average molecular weight is 711 g/mol. The largest absolute Gasteiger partial charge is 0.490 e. The highest BCUT2D eigenvalue weighted by Crippen LogP contribution is 2.43. The molecule has 2 heterocycles. The van der Waals surface area contributed by atoms with Gasteiger partial charge in [0, 0.05) is 22.2 Å². The van der Waals surface area contributed by atoms with Crippen molar-refractivity contribution < 1.29 is 14.3 Å². The third kappa shape index (κ3) is 7.68. The number of fused-ring (bicyclic) bond motifs is 1. The minimum atomic E-state index is -0.600. The van der Waals surface area contributed by atoms with Gasteiger partial charge in [-0.15, -0.1) is 5.10 Å². The molecule has 3 aromatic carbocycles. The van der Waals surface area contributed by atoms with Gasteiger partial charge >= 0.3 is 0 Å². The van der Waals surface area contributed by atoms with E-state index in [2.05, 4.69) is 33.5 Å². The Balaban J connectivity index is 1.55. The van der Waals surface area contributed by atoms with Crippen molar-refractivity contribution in [3.63, 3.8) is 0 Å². The van der Waals surface area contributed by atoms with Crippen LogP contribution in [0.2, 0.25) is 5.02 Å². The van der Waals surface area contributed by atoms with Gasteiger partial charge in [-0.3, -0.25) is 4.79 Å². The summed E-state index contributed by atoms with van der Waals surface area (Å²) in [5.41, 5.74) is 4.71. The molecule has 0 aliphatic carbocycles. The number of nitrogens with one attached hydrogen (secondary N) is 2. The summed E-state index contributed by atoms with van der Waals surface area (Å²) in [4.78, 5) is 18.9. The molecule has 1 atom stereocenters. The molecular formula is C34H37BrClN5O3S. The number of rotatable bonds is 13. The number of hydrogen-bond donors (Lipinski definition) is 2. The number of carbonyl (C=O) groups excluding carboxylic acids is 1. The first-order valence-electron chi connectivity index (χ1n) is 15.1. The van der Waals surface area contributed by atoms with Gasteiger partial charge in [-0.05, 0) is 84.1 Å². The molecular weight excluding hydrogens is 674 g/mol. The maximum atomic E-state index is 14.1. The number of aryl methyl sites for hydroxylation is 1. The number of carbonyl (C=O) groups is 1. The number of halogens is 2. The Morgan fingerprint density at radius 3 is 2.62 bits per heavy atom. The minimum absolute atomic E-state index is 0.236. The van der Waals surface area contributed by atoms with E-state index in [-0.39, 0.29) is 5.91 Å². The standard InChI is InChI=1S/C34H37BrClN5O3S/c1-5-7-12-17-44-31-25(35)18-24(19-28(31)43-6-2)30-29(32(42)38-27-16-11-8-13-21(27)3)22(4)37-33-39-34(40-41(30)33)45-20-23-14-9-10-15-26(23)36/h8-11,13-16,18-19,30H,5-7,12,17,20H2,1-4H3,(H,38,42)(H,37,39,40). The molecule has 0 fully saturated rings. The summed E-state index contributed by atoms with van der Waals surface area (Å²) >= 11 is 11.6. The lowest BCUT2D eigenvalue weighted by atomic mass is 9.94. The van der Waals surface area contributed by atoms with Crippen molar-refractivity contribution in [2.24, 2.45) is 0 Å². The second-order valence-corrected chi connectivity index (χ2v) is 12.9. The summed E-state index contributed by atoms with van der Waals surface area (Å²) < 4.78 is 14.8. The summed E-state index contributed by atoms with van der Waals surface area (Å²) in [5, 5.41) is 12.6. The van der Waals surface area contributed by atoms with Crippen molar-refractivity contribution in [1.29, 1.82) is 0 Å². The van der Waals surface area contributed by atoms with Crippen LogP contribution < -0.4 is 20.1 Å². The van der Waals surface area contributed by atoms with E-state index in [0.717, 1.165) is 46.1 Å². The number of hydrogen-bond acceptors (Lipinski definition) is 7. The molecule has 0 bridgehead atoms. The molecule has 1 amide bonds. The zero-order valence-corrected chi connectivity index (χ0v) is 29.0. The Morgan fingerprint density at radius 1 is 1.09 bits per heavy atom. The predicted molar refractivity (Wildman–Crippen MR) is 186 cm³/mol. The van der Waals surface area contributed by atoms with Crippen LogP contribution in [0.25, 0.3) is 0 Å². The van der Waals surface area contributed by atoms with Gasteiger partial charge in [0.1, 0.15) is 6.04 Å². The maximum absolute atomic E-state index is 14.1. The van der Waals surface area contributed by atoms with Crippen molar-refractivity contribution in [2.45, 2.75) is 63.9 Å². The molecule has 0 saturated heterocycles. The van der Waals surface area contributed by atoms with Crippen LogP contribution in [0.15, 0.2) is 81.6 Å². The number of para-hydroxylation sites is 1. The predicted octanol–water partition coefficient (Wildman–Crippen LogP) is 9.19. The molecule has 8 nitrogen and oxygen atoms in total. The zero-order chi connectivity index (χ0) is 31.9. The first-order chi connectivity index (χ1) is 21.8. The summed E-state index contributed by atoms with van der Waals surface area (Å²) in [5.74, 6) is 2.15. The van der Waals surface area contributed by atoms with Gasteiger partial charge in [-0.25, -0.2) is 4.68 Å². The Morgan fingerprint density at radius 2 is 1.87 bits per heavy atom. The Labute approximate surface area is 282 Å². The highest BCUT2D eigenvalue weighted by Gasteiger charge is 2.35. The number of unbranched alkanes of at least 4 members (excludes halogenated alkanes) is 2. The Kier molecular flexibility index (Phi) is 11.1. The quantitative estimate of drug-likeness (QED) is 0.106. The second-order valence-electron chi connectivity index (χ2n) is 10.7. The average Bonchev–Trinajstić information content (AvgIpc) is 3.42. The summed E-state index contributed by atoms with van der Waals surface area (Å²) in [6.07, 6.45) is 3.15. The molecule has 45 heavy (non-hydrogen) atoms. The lowest BCUT2D eigenvalue weighted by Crippen LogP contribution is -2.31. The third-order valence-corrected chi connectivity index (χ3v) is 9.27. The van der Waals surface area contributed by atoms with Crippen LogP contribution in [0, 0.1) is 6.92 Å². The van der Waals surface area contributed by atoms with Crippen LogP contribution >= 0.6 is 39.3 Å². The lowest BCUT2D eigenvalue weighted by molar-refractivity contribution is -0.113. The van der Waals surface area contributed by atoms with E-state index >= 15 is 0 Å². The third-order valence-electron chi connectivity index (χ3n) is 7.43. The number of benzene rings is 3. The fourth-order valence-electron chi connectivity index (χ4n) is 5.13. The lowest BCUT2D eigenvalue weighted by Gasteiger charge is -2.29.